The Labute approximate surface area is 128 Å². The minimum Gasteiger partial charge on any atom is -0.356 e. The molecule has 0 spiro atoms. The van der Waals surface area contributed by atoms with Crippen LogP contribution in [0.15, 0.2) is 59.5 Å². The summed E-state index contributed by atoms with van der Waals surface area (Å²) in [6, 6.07) is 16.7. The molecule has 2 nitrogen and oxygen atoms in total. The van der Waals surface area contributed by atoms with Crippen LogP contribution >= 0.6 is 11.8 Å². The van der Waals surface area contributed by atoms with Crippen LogP contribution in [0.1, 0.15) is 12.0 Å². The van der Waals surface area contributed by atoms with E-state index in [0.717, 1.165) is 6.42 Å². The quantitative estimate of drug-likeness (QED) is 0.791. The van der Waals surface area contributed by atoms with Crippen LogP contribution in [0.5, 0.6) is 0 Å². The molecule has 110 valence electrons. The lowest BCUT2D eigenvalue weighted by molar-refractivity contribution is -0.120. The number of hydrogen-bond acceptors (Lipinski definition) is 2. The van der Waals surface area contributed by atoms with Crippen LogP contribution in [0.4, 0.5) is 4.39 Å². The minimum atomic E-state index is -0.230. The van der Waals surface area contributed by atoms with E-state index in [1.54, 1.807) is 18.2 Å². The summed E-state index contributed by atoms with van der Waals surface area (Å²) in [4.78, 5) is 12.3. The summed E-state index contributed by atoms with van der Waals surface area (Å²) in [7, 11) is 0. The van der Waals surface area contributed by atoms with Crippen molar-refractivity contribution in [1.82, 2.24) is 5.32 Å². The fraction of sp³-hybridized carbons (Fsp3) is 0.235. The van der Waals surface area contributed by atoms with E-state index >= 15 is 0 Å². The van der Waals surface area contributed by atoms with Gasteiger partial charge < -0.3 is 5.32 Å². The van der Waals surface area contributed by atoms with E-state index < -0.39 is 0 Å². The Hall–Kier alpha value is -1.81. The van der Waals surface area contributed by atoms with Crippen molar-refractivity contribution in [3.05, 3.63) is 66.0 Å². The maximum Gasteiger partial charge on any atom is 0.220 e. The first-order chi connectivity index (χ1) is 10.3. The molecular weight excluding hydrogens is 285 g/mol. The van der Waals surface area contributed by atoms with Crippen LogP contribution in [0.2, 0.25) is 0 Å². The van der Waals surface area contributed by atoms with Crippen LogP contribution in [-0.4, -0.2) is 18.2 Å². The Morgan fingerprint density at radius 3 is 2.52 bits per heavy atom. The standard InChI is InChI=1S/C17H18FNOS/c18-15-8-4-5-9-16(15)21-13-11-17(20)19-12-10-14-6-2-1-3-7-14/h1-9H,10-13H2,(H,19,20). The first kappa shape index (κ1) is 15.6. The zero-order chi connectivity index (χ0) is 14.9. The Kier molecular flexibility index (Phi) is 6.28. The largest absolute Gasteiger partial charge is 0.356 e. The molecule has 0 fully saturated rings. The number of thioether (sulfide) groups is 1. The molecule has 0 heterocycles. The number of rotatable bonds is 7. The fourth-order valence-corrected chi connectivity index (χ4v) is 2.78. The highest BCUT2D eigenvalue weighted by atomic mass is 32.2. The van der Waals surface area contributed by atoms with Crippen molar-refractivity contribution in [1.29, 1.82) is 0 Å². The van der Waals surface area contributed by atoms with Gasteiger partial charge in [-0.2, -0.15) is 0 Å². The molecule has 2 rings (SSSR count). The Morgan fingerprint density at radius 1 is 1.05 bits per heavy atom. The molecule has 2 aromatic rings. The number of carbonyl (C=O) groups is 1. The van der Waals surface area contributed by atoms with Gasteiger partial charge in [-0.05, 0) is 24.1 Å². The first-order valence-corrected chi connectivity index (χ1v) is 7.92. The van der Waals surface area contributed by atoms with Gasteiger partial charge in [-0.25, -0.2) is 4.39 Å². The summed E-state index contributed by atoms with van der Waals surface area (Å²) in [5.41, 5.74) is 1.21. The summed E-state index contributed by atoms with van der Waals surface area (Å²) >= 11 is 1.37. The smallest absolute Gasteiger partial charge is 0.220 e. The molecular formula is C17H18FNOS. The van der Waals surface area contributed by atoms with E-state index in [1.807, 2.05) is 30.3 Å². The second kappa shape index (κ2) is 8.47. The first-order valence-electron chi connectivity index (χ1n) is 6.93. The van der Waals surface area contributed by atoms with E-state index in [2.05, 4.69) is 5.32 Å². The molecule has 0 atom stereocenters. The summed E-state index contributed by atoms with van der Waals surface area (Å²) in [6.45, 7) is 0.632. The van der Waals surface area contributed by atoms with Crippen molar-refractivity contribution in [3.8, 4) is 0 Å². The van der Waals surface area contributed by atoms with E-state index in [0.29, 0.717) is 23.6 Å². The van der Waals surface area contributed by atoms with Gasteiger partial charge in [0, 0.05) is 23.6 Å². The van der Waals surface area contributed by atoms with E-state index in [4.69, 9.17) is 0 Å². The second-order valence-corrected chi connectivity index (χ2v) is 5.75. The normalized spacial score (nSPS) is 10.3. The summed E-state index contributed by atoms with van der Waals surface area (Å²) < 4.78 is 13.4. The SMILES string of the molecule is O=C(CCSc1ccccc1F)NCCc1ccccc1. The van der Waals surface area contributed by atoms with Gasteiger partial charge in [0.05, 0.1) is 0 Å². The average Bonchev–Trinajstić information content (AvgIpc) is 2.50. The lowest BCUT2D eigenvalue weighted by atomic mass is 10.1. The predicted molar refractivity (Wildman–Crippen MR) is 84.9 cm³/mol. The number of benzene rings is 2. The number of amides is 1. The van der Waals surface area contributed by atoms with Gasteiger partial charge >= 0.3 is 0 Å². The fourth-order valence-electron chi connectivity index (χ4n) is 1.89. The summed E-state index contributed by atoms with van der Waals surface area (Å²) in [6.07, 6.45) is 1.22. The number of hydrogen-bond donors (Lipinski definition) is 1. The molecule has 0 radical (unpaired) electrons. The highest BCUT2D eigenvalue weighted by Crippen LogP contribution is 2.21. The Morgan fingerprint density at radius 2 is 1.76 bits per heavy atom. The molecule has 0 aliphatic rings. The van der Waals surface area contributed by atoms with Crippen LogP contribution in [-0.2, 0) is 11.2 Å². The molecule has 2 aromatic carbocycles. The zero-order valence-corrected chi connectivity index (χ0v) is 12.5. The zero-order valence-electron chi connectivity index (χ0n) is 11.7. The summed E-state index contributed by atoms with van der Waals surface area (Å²) in [5, 5.41) is 2.89. The molecule has 0 aromatic heterocycles. The third-order valence-electron chi connectivity index (χ3n) is 3.00. The van der Waals surface area contributed by atoms with Gasteiger partial charge in [-0.15, -0.1) is 11.8 Å². The highest BCUT2D eigenvalue weighted by molar-refractivity contribution is 7.99. The third-order valence-corrected chi connectivity index (χ3v) is 4.05. The number of nitrogens with one attached hydrogen (secondary N) is 1. The third kappa shape index (κ3) is 5.60. The highest BCUT2D eigenvalue weighted by Gasteiger charge is 2.04. The molecule has 0 bridgehead atoms. The summed E-state index contributed by atoms with van der Waals surface area (Å²) in [5.74, 6) is 0.361. The van der Waals surface area contributed by atoms with Gasteiger partial charge in [0.2, 0.25) is 5.91 Å². The molecule has 1 N–H and O–H groups in total. The van der Waals surface area contributed by atoms with E-state index in [-0.39, 0.29) is 11.7 Å². The molecule has 0 saturated heterocycles. The minimum absolute atomic E-state index is 0.00905. The Bertz CT molecular complexity index is 574. The molecule has 4 heteroatoms. The van der Waals surface area contributed by atoms with Crippen molar-refractivity contribution < 1.29 is 9.18 Å². The number of halogens is 1. The molecule has 0 unspecified atom stereocenters. The van der Waals surface area contributed by atoms with Gasteiger partial charge in [-0.3, -0.25) is 4.79 Å². The van der Waals surface area contributed by atoms with Crippen LogP contribution in [0.3, 0.4) is 0 Å². The average molecular weight is 303 g/mol. The van der Waals surface area contributed by atoms with Gasteiger partial charge in [0.15, 0.2) is 0 Å². The van der Waals surface area contributed by atoms with Crippen LogP contribution < -0.4 is 5.32 Å². The molecule has 0 aliphatic heterocycles. The molecule has 21 heavy (non-hydrogen) atoms. The van der Waals surface area contributed by atoms with Crippen molar-refractivity contribution in [2.75, 3.05) is 12.3 Å². The van der Waals surface area contributed by atoms with Crippen LogP contribution in [0, 0.1) is 5.82 Å². The van der Waals surface area contributed by atoms with Crippen molar-refractivity contribution in [2.24, 2.45) is 0 Å². The predicted octanol–water partition coefficient (Wildman–Crippen LogP) is 3.67. The lowest BCUT2D eigenvalue weighted by Crippen LogP contribution is -2.25. The molecule has 1 amide bonds. The van der Waals surface area contributed by atoms with E-state index in [9.17, 15) is 9.18 Å². The molecule has 0 aliphatic carbocycles. The Balaban J connectivity index is 1.63. The van der Waals surface area contributed by atoms with Gasteiger partial charge in [-0.1, -0.05) is 42.5 Å². The van der Waals surface area contributed by atoms with E-state index in [1.165, 1.54) is 23.4 Å². The molecule has 0 saturated carbocycles. The van der Waals surface area contributed by atoms with Gasteiger partial charge in [0.25, 0.3) is 0 Å². The van der Waals surface area contributed by atoms with Crippen molar-refractivity contribution >= 4 is 17.7 Å². The maximum atomic E-state index is 13.4. The maximum absolute atomic E-state index is 13.4. The van der Waals surface area contributed by atoms with Gasteiger partial charge in [0.1, 0.15) is 5.82 Å². The lowest BCUT2D eigenvalue weighted by Gasteiger charge is -2.06. The van der Waals surface area contributed by atoms with Crippen LogP contribution in [0.25, 0.3) is 0 Å². The topological polar surface area (TPSA) is 29.1 Å². The second-order valence-electron chi connectivity index (χ2n) is 4.61. The monoisotopic (exact) mass is 303 g/mol. The number of carbonyl (C=O) groups excluding carboxylic acids is 1. The van der Waals surface area contributed by atoms with Crippen molar-refractivity contribution in [3.63, 3.8) is 0 Å². The van der Waals surface area contributed by atoms with Crippen molar-refractivity contribution in [2.45, 2.75) is 17.7 Å².